The van der Waals surface area contributed by atoms with E-state index in [0.717, 1.165) is 6.07 Å². The largest absolute Gasteiger partial charge is 0.417 e. The second kappa shape index (κ2) is 3.23. The molecule has 1 aromatic rings. The van der Waals surface area contributed by atoms with Crippen LogP contribution in [-0.4, -0.2) is 5.91 Å². The van der Waals surface area contributed by atoms with Crippen molar-refractivity contribution in [1.29, 1.82) is 0 Å². The molecule has 0 spiro atoms. The van der Waals surface area contributed by atoms with E-state index < -0.39 is 11.7 Å². The van der Waals surface area contributed by atoms with Crippen molar-refractivity contribution < 1.29 is 18.0 Å². The van der Waals surface area contributed by atoms with Crippen molar-refractivity contribution >= 4 is 21.8 Å². The van der Waals surface area contributed by atoms with Crippen LogP contribution in [0.4, 0.5) is 13.2 Å². The summed E-state index contributed by atoms with van der Waals surface area (Å²) in [5.41, 5.74) is -0.0665. The van der Waals surface area contributed by atoms with Gasteiger partial charge in [-0.25, -0.2) is 0 Å². The Kier molecular flexibility index (Phi) is 2.26. The number of halogens is 4. The number of fused-ring (bicyclic) bond motifs is 1. The molecule has 2 rings (SSSR count). The average molecular weight is 280 g/mol. The smallest absolute Gasteiger partial charge is 0.348 e. The van der Waals surface area contributed by atoms with Crippen LogP contribution in [0.1, 0.15) is 21.5 Å². The van der Waals surface area contributed by atoms with E-state index in [0.29, 0.717) is 11.1 Å². The van der Waals surface area contributed by atoms with Gasteiger partial charge in [0.25, 0.3) is 5.91 Å². The van der Waals surface area contributed by atoms with Gasteiger partial charge in [0.05, 0.1) is 5.56 Å². The zero-order valence-corrected chi connectivity index (χ0v) is 8.87. The lowest BCUT2D eigenvalue weighted by molar-refractivity contribution is -0.138. The lowest BCUT2D eigenvalue weighted by atomic mass is 10.1. The number of rotatable bonds is 0. The Hall–Kier alpha value is -1.04. The Balaban J connectivity index is 2.59. The van der Waals surface area contributed by atoms with Gasteiger partial charge in [-0.15, -0.1) is 0 Å². The van der Waals surface area contributed by atoms with Gasteiger partial charge in [-0.2, -0.15) is 13.2 Å². The van der Waals surface area contributed by atoms with Crippen LogP contribution in [0.2, 0.25) is 0 Å². The normalized spacial score (nSPS) is 15.1. The molecule has 0 atom stereocenters. The maximum absolute atomic E-state index is 12.5. The van der Waals surface area contributed by atoms with Crippen LogP contribution in [-0.2, 0) is 12.7 Å². The summed E-state index contributed by atoms with van der Waals surface area (Å²) in [6.45, 7) is 0.157. The highest BCUT2D eigenvalue weighted by molar-refractivity contribution is 9.10. The molecule has 15 heavy (non-hydrogen) atoms. The Morgan fingerprint density at radius 1 is 1.33 bits per heavy atom. The molecule has 0 radical (unpaired) electrons. The Morgan fingerprint density at radius 3 is 2.60 bits per heavy atom. The van der Waals surface area contributed by atoms with Crippen LogP contribution in [0.25, 0.3) is 0 Å². The highest BCUT2D eigenvalue weighted by Crippen LogP contribution is 2.37. The minimum atomic E-state index is -4.40. The third-order valence-corrected chi connectivity index (χ3v) is 2.84. The van der Waals surface area contributed by atoms with Gasteiger partial charge in [0, 0.05) is 16.6 Å². The lowest BCUT2D eigenvalue weighted by Crippen LogP contribution is -2.12. The first-order valence-electron chi connectivity index (χ1n) is 4.07. The molecule has 0 unspecified atom stereocenters. The Labute approximate surface area is 91.6 Å². The summed E-state index contributed by atoms with van der Waals surface area (Å²) in [6.07, 6.45) is -4.40. The van der Waals surface area contributed by atoms with E-state index in [-0.39, 0.29) is 16.9 Å². The number of carbonyl (C=O) groups is 1. The first-order chi connectivity index (χ1) is 6.89. The maximum atomic E-state index is 12.5. The molecule has 0 bridgehead atoms. The third kappa shape index (κ3) is 1.73. The minimum Gasteiger partial charge on any atom is -0.348 e. The summed E-state index contributed by atoms with van der Waals surface area (Å²) in [5, 5.41) is 2.46. The van der Waals surface area contributed by atoms with Crippen LogP contribution in [0.3, 0.4) is 0 Å². The number of benzene rings is 1. The SMILES string of the molecule is O=C1NCc2cc(C(F)(F)F)c(Br)cc21. The van der Waals surface area contributed by atoms with E-state index >= 15 is 0 Å². The average Bonchev–Trinajstić information content (AvgIpc) is 2.45. The fourth-order valence-electron chi connectivity index (χ4n) is 1.46. The molecule has 1 amide bonds. The predicted molar refractivity (Wildman–Crippen MR) is 50.3 cm³/mol. The summed E-state index contributed by atoms with van der Waals surface area (Å²) in [4.78, 5) is 11.2. The highest BCUT2D eigenvalue weighted by atomic mass is 79.9. The summed E-state index contributed by atoms with van der Waals surface area (Å²) in [7, 11) is 0. The molecule has 0 fully saturated rings. The summed E-state index contributed by atoms with van der Waals surface area (Å²) in [5.74, 6) is -0.334. The van der Waals surface area contributed by atoms with Crippen molar-refractivity contribution in [2.75, 3.05) is 0 Å². The molecule has 6 heteroatoms. The Morgan fingerprint density at radius 2 is 2.00 bits per heavy atom. The van der Waals surface area contributed by atoms with Crippen LogP contribution >= 0.6 is 15.9 Å². The second-order valence-corrected chi connectivity index (χ2v) is 4.02. The molecule has 0 aromatic heterocycles. The van der Waals surface area contributed by atoms with Crippen LogP contribution in [0.15, 0.2) is 16.6 Å². The first-order valence-corrected chi connectivity index (χ1v) is 4.86. The van der Waals surface area contributed by atoms with Crippen molar-refractivity contribution in [3.8, 4) is 0 Å². The number of hydrogen-bond donors (Lipinski definition) is 1. The molecule has 1 N–H and O–H groups in total. The number of amides is 1. The van der Waals surface area contributed by atoms with E-state index in [1.165, 1.54) is 6.07 Å². The molecule has 0 saturated carbocycles. The fraction of sp³-hybridized carbons (Fsp3) is 0.222. The standard InChI is InChI=1S/C9H5BrF3NO/c10-7-2-5-4(3-14-8(5)15)1-6(7)9(11,12)13/h1-2H,3H2,(H,14,15). The minimum absolute atomic E-state index is 0.106. The number of carbonyl (C=O) groups excluding carboxylic acids is 1. The van der Waals surface area contributed by atoms with Gasteiger partial charge in [0.15, 0.2) is 0 Å². The molecule has 0 saturated heterocycles. The van der Waals surface area contributed by atoms with Gasteiger partial charge >= 0.3 is 6.18 Å². The molecule has 0 aliphatic carbocycles. The van der Waals surface area contributed by atoms with Gasteiger partial charge in [0.2, 0.25) is 0 Å². The van der Waals surface area contributed by atoms with Gasteiger partial charge in [-0.1, -0.05) is 15.9 Å². The summed E-state index contributed by atoms with van der Waals surface area (Å²) in [6, 6.07) is 2.21. The highest BCUT2D eigenvalue weighted by Gasteiger charge is 2.35. The van der Waals surface area contributed by atoms with E-state index in [4.69, 9.17) is 0 Å². The second-order valence-electron chi connectivity index (χ2n) is 3.17. The summed E-state index contributed by atoms with van der Waals surface area (Å²) >= 11 is 2.81. The van der Waals surface area contributed by atoms with Gasteiger partial charge in [0.1, 0.15) is 0 Å². The van der Waals surface area contributed by atoms with E-state index in [1.807, 2.05) is 0 Å². The number of alkyl halides is 3. The van der Waals surface area contributed by atoms with E-state index in [2.05, 4.69) is 21.2 Å². The zero-order valence-electron chi connectivity index (χ0n) is 7.28. The predicted octanol–water partition coefficient (Wildman–Crippen LogP) is 2.71. The van der Waals surface area contributed by atoms with Gasteiger partial charge in [-0.3, -0.25) is 4.79 Å². The van der Waals surface area contributed by atoms with Crippen molar-refractivity contribution in [3.05, 3.63) is 33.3 Å². The topological polar surface area (TPSA) is 29.1 Å². The molecule has 1 aliphatic rings. The molecule has 1 heterocycles. The van der Waals surface area contributed by atoms with Crippen LogP contribution < -0.4 is 5.32 Å². The molecule has 80 valence electrons. The maximum Gasteiger partial charge on any atom is 0.417 e. The number of nitrogens with one attached hydrogen (secondary N) is 1. The van der Waals surface area contributed by atoms with Crippen LogP contribution in [0.5, 0.6) is 0 Å². The first kappa shape index (κ1) is 10.5. The van der Waals surface area contributed by atoms with E-state index in [9.17, 15) is 18.0 Å². The van der Waals surface area contributed by atoms with Crippen molar-refractivity contribution in [2.45, 2.75) is 12.7 Å². The molecular weight excluding hydrogens is 275 g/mol. The summed E-state index contributed by atoms with van der Waals surface area (Å²) < 4.78 is 37.3. The number of hydrogen-bond acceptors (Lipinski definition) is 1. The monoisotopic (exact) mass is 279 g/mol. The van der Waals surface area contributed by atoms with Crippen molar-refractivity contribution in [1.82, 2.24) is 5.32 Å². The Bertz CT molecular complexity index is 442. The zero-order chi connectivity index (χ0) is 11.2. The molecule has 1 aliphatic heterocycles. The third-order valence-electron chi connectivity index (χ3n) is 2.18. The van der Waals surface area contributed by atoms with Crippen molar-refractivity contribution in [2.24, 2.45) is 0 Å². The van der Waals surface area contributed by atoms with Crippen molar-refractivity contribution in [3.63, 3.8) is 0 Å². The molecular formula is C9H5BrF3NO. The van der Waals surface area contributed by atoms with Crippen LogP contribution in [0, 0.1) is 0 Å². The van der Waals surface area contributed by atoms with Gasteiger partial charge < -0.3 is 5.32 Å². The molecule has 2 nitrogen and oxygen atoms in total. The van der Waals surface area contributed by atoms with Gasteiger partial charge in [-0.05, 0) is 17.7 Å². The quantitative estimate of drug-likeness (QED) is 0.777. The lowest BCUT2D eigenvalue weighted by Gasteiger charge is -2.10. The fourth-order valence-corrected chi connectivity index (χ4v) is 2.03. The molecule has 1 aromatic carbocycles. The van der Waals surface area contributed by atoms with E-state index in [1.54, 1.807) is 0 Å².